The molecular formula is C19H31IN4O4S. The fourth-order valence-corrected chi connectivity index (χ4v) is 5.34. The van der Waals surface area contributed by atoms with Crippen molar-refractivity contribution in [2.24, 2.45) is 4.99 Å². The molecule has 1 aromatic rings. The molecule has 2 aliphatic heterocycles. The first kappa shape index (κ1) is 24.2. The predicted octanol–water partition coefficient (Wildman–Crippen LogP) is 1.04. The number of benzene rings is 1. The van der Waals surface area contributed by atoms with Crippen molar-refractivity contribution in [2.75, 3.05) is 58.5 Å². The number of hydrogen-bond acceptors (Lipinski definition) is 6. The van der Waals surface area contributed by atoms with Crippen LogP contribution in [0.5, 0.6) is 5.75 Å². The van der Waals surface area contributed by atoms with E-state index in [1.165, 1.54) is 5.56 Å². The van der Waals surface area contributed by atoms with Crippen molar-refractivity contribution in [2.45, 2.75) is 18.5 Å². The van der Waals surface area contributed by atoms with Crippen LogP contribution in [0.3, 0.4) is 0 Å². The van der Waals surface area contributed by atoms with Gasteiger partial charge in [0.1, 0.15) is 5.75 Å². The van der Waals surface area contributed by atoms with Crippen molar-refractivity contribution >= 4 is 39.8 Å². The maximum absolute atomic E-state index is 11.7. The van der Waals surface area contributed by atoms with Gasteiger partial charge >= 0.3 is 0 Å². The van der Waals surface area contributed by atoms with Gasteiger partial charge in [-0.1, -0.05) is 12.1 Å². The Bertz CT molecular complexity index is 767. The second-order valence-electron chi connectivity index (χ2n) is 7.13. The van der Waals surface area contributed by atoms with E-state index in [1.807, 2.05) is 12.1 Å². The zero-order valence-corrected chi connectivity index (χ0v) is 20.1. The minimum absolute atomic E-state index is 0. The second-order valence-corrected chi connectivity index (χ2v) is 9.36. The van der Waals surface area contributed by atoms with E-state index in [2.05, 4.69) is 32.7 Å². The first-order valence-corrected chi connectivity index (χ1v) is 11.5. The highest BCUT2D eigenvalue weighted by molar-refractivity contribution is 14.0. The molecule has 2 saturated heterocycles. The van der Waals surface area contributed by atoms with Crippen molar-refractivity contribution in [3.8, 4) is 5.75 Å². The average molecular weight is 538 g/mol. The lowest BCUT2D eigenvalue weighted by Gasteiger charge is -2.35. The molecule has 0 bridgehead atoms. The van der Waals surface area contributed by atoms with E-state index in [-0.39, 0.29) is 47.6 Å². The smallest absolute Gasteiger partial charge is 0.191 e. The SMILES string of the molecule is CN=C(NCC(c1ccc(OC)cc1)N1CCOCC1)NC1CCS(=O)(=O)C1.I. The van der Waals surface area contributed by atoms with Crippen LogP contribution in [0.2, 0.25) is 0 Å². The fraction of sp³-hybridized carbons (Fsp3) is 0.632. The van der Waals surface area contributed by atoms with E-state index in [0.717, 1.165) is 32.1 Å². The zero-order valence-electron chi connectivity index (χ0n) is 17.0. The number of ether oxygens (including phenoxy) is 2. The topological polar surface area (TPSA) is 92.3 Å². The quantitative estimate of drug-likeness (QED) is 0.318. The Hall–Kier alpha value is -1.11. The lowest BCUT2D eigenvalue weighted by Crippen LogP contribution is -2.48. The van der Waals surface area contributed by atoms with Crippen LogP contribution in [0.4, 0.5) is 0 Å². The highest BCUT2D eigenvalue weighted by Crippen LogP contribution is 2.23. The molecule has 0 aromatic heterocycles. The van der Waals surface area contributed by atoms with Crippen molar-refractivity contribution in [3.63, 3.8) is 0 Å². The first-order valence-electron chi connectivity index (χ1n) is 9.64. The Kier molecular flexibility index (Phi) is 9.44. The highest BCUT2D eigenvalue weighted by Gasteiger charge is 2.29. The minimum Gasteiger partial charge on any atom is -0.497 e. The molecule has 2 unspecified atom stereocenters. The van der Waals surface area contributed by atoms with Crippen molar-refractivity contribution in [1.82, 2.24) is 15.5 Å². The van der Waals surface area contributed by atoms with Crippen molar-refractivity contribution in [3.05, 3.63) is 29.8 Å². The minimum atomic E-state index is -2.93. The molecule has 0 radical (unpaired) electrons. The van der Waals surface area contributed by atoms with E-state index < -0.39 is 9.84 Å². The van der Waals surface area contributed by atoms with Gasteiger partial charge in [-0.3, -0.25) is 9.89 Å². The van der Waals surface area contributed by atoms with Crippen LogP contribution >= 0.6 is 24.0 Å². The maximum atomic E-state index is 11.7. The molecule has 10 heteroatoms. The maximum Gasteiger partial charge on any atom is 0.191 e. The van der Waals surface area contributed by atoms with Gasteiger partial charge in [0, 0.05) is 32.7 Å². The number of morpholine rings is 1. The second kappa shape index (κ2) is 11.3. The van der Waals surface area contributed by atoms with E-state index in [9.17, 15) is 8.42 Å². The number of hydrogen-bond donors (Lipinski definition) is 2. The summed E-state index contributed by atoms with van der Waals surface area (Å²) in [6.45, 7) is 3.83. The summed E-state index contributed by atoms with van der Waals surface area (Å²) in [4.78, 5) is 6.67. The molecule has 2 atom stereocenters. The van der Waals surface area contributed by atoms with Gasteiger partial charge in [-0.25, -0.2) is 8.42 Å². The van der Waals surface area contributed by atoms with Gasteiger partial charge in [0.2, 0.25) is 0 Å². The number of nitrogens with zero attached hydrogens (tertiary/aromatic N) is 2. The van der Waals surface area contributed by atoms with Crippen LogP contribution in [-0.2, 0) is 14.6 Å². The van der Waals surface area contributed by atoms with Crippen LogP contribution in [0.25, 0.3) is 0 Å². The summed E-state index contributed by atoms with van der Waals surface area (Å²) in [5.41, 5.74) is 1.19. The molecule has 0 amide bonds. The Morgan fingerprint density at radius 2 is 2.00 bits per heavy atom. The highest BCUT2D eigenvalue weighted by atomic mass is 127. The van der Waals surface area contributed by atoms with Crippen molar-refractivity contribution in [1.29, 1.82) is 0 Å². The number of guanidine groups is 1. The summed E-state index contributed by atoms with van der Waals surface area (Å²) in [5, 5.41) is 6.62. The summed E-state index contributed by atoms with van der Waals surface area (Å²) in [6.07, 6.45) is 0.619. The zero-order chi connectivity index (χ0) is 20.0. The number of rotatable bonds is 6. The largest absolute Gasteiger partial charge is 0.497 e. The Morgan fingerprint density at radius 3 is 2.55 bits per heavy atom. The summed E-state index contributed by atoms with van der Waals surface area (Å²) in [7, 11) is 0.439. The van der Waals surface area contributed by atoms with Gasteiger partial charge < -0.3 is 20.1 Å². The molecule has 3 rings (SSSR count). The third kappa shape index (κ3) is 6.97. The van der Waals surface area contributed by atoms with Crippen LogP contribution in [0, 0.1) is 0 Å². The van der Waals surface area contributed by atoms with E-state index >= 15 is 0 Å². The van der Waals surface area contributed by atoms with Gasteiger partial charge in [-0.15, -0.1) is 24.0 Å². The lowest BCUT2D eigenvalue weighted by atomic mass is 10.0. The summed E-state index contributed by atoms with van der Waals surface area (Å²) in [6, 6.07) is 8.18. The Morgan fingerprint density at radius 1 is 1.31 bits per heavy atom. The van der Waals surface area contributed by atoms with Crippen LogP contribution in [0.1, 0.15) is 18.0 Å². The average Bonchev–Trinajstić information content (AvgIpc) is 3.06. The molecule has 2 N–H and O–H groups in total. The third-order valence-corrected chi connectivity index (χ3v) is 7.01. The third-order valence-electron chi connectivity index (χ3n) is 5.25. The molecule has 8 nitrogen and oxygen atoms in total. The normalized spacial score (nSPS) is 23.1. The summed E-state index contributed by atoms with van der Waals surface area (Å²) in [5.74, 6) is 1.87. The van der Waals surface area contributed by atoms with Crippen LogP contribution in [-0.4, -0.2) is 83.8 Å². The molecule has 0 saturated carbocycles. The standard InChI is InChI=1S/C19H30N4O4S.HI/c1-20-19(22-16-7-12-28(24,25)14-16)21-13-18(23-8-10-27-11-9-23)15-3-5-17(26-2)6-4-15;/h3-6,16,18H,7-14H2,1-2H3,(H2,20,21,22);1H. The Balaban J connectivity index is 0.00000300. The number of halogens is 1. The van der Waals surface area contributed by atoms with Gasteiger partial charge in [0.25, 0.3) is 0 Å². The van der Waals surface area contributed by atoms with Crippen molar-refractivity contribution < 1.29 is 17.9 Å². The number of methoxy groups -OCH3 is 1. The molecule has 164 valence electrons. The molecular weight excluding hydrogens is 507 g/mol. The predicted molar refractivity (Wildman–Crippen MR) is 125 cm³/mol. The monoisotopic (exact) mass is 538 g/mol. The molecule has 29 heavy (non-hydrogen) atoms. The molecule has 2 aliphatic rings. The number of aliphatic imine (C=N–C) groups is 1. The van der Waals surface area contributed by atoms with Gasteiger partial charge in [-0.2, -0.15) is 0 Å². The Labute approximate surface area is 190 Å². The molecule has 2 heterocycles. The van der Waals surface area contributed by atoms with E-state index in [1.54, 1.807) is 14.2 Å². The summed E-state index contributed by atoms with van der Waals surface area (Å²) < 4.78 is 34.2. The van der Waals surface area contributed by atoms with E-state index in [0.29, 0.717) is 18.9 Å². The first-order chi connectivity index (χ1) is 13.5. The van der Waals surface area contributed by atoms with Gasteiger partial charge in [-0.05, 0) is 24.1 Å². The molecule has 1 aromatic carbocycles. The number of nitrogens with one attached hydrogen (secondary N) is 2. The fourth-order valence-electron chi connectivity index (χ4n) is 3.66. The molecule has 0 aliphatic carbocycles. The lowest BCUT2D eigenvalue weighted by molar-refractivity contribution is 0.0170. The number of sulfone groups is 1. The van der Waals surface area contributed by atoms with Gasteiger partial charge in [0.15, 0.2) is 15.8 Å². The molecule has 2 fully saturated rings. The van der Waals surface area contributed by atoms with Crippen LogP contribution < -0.4 is 15.4 Å². The molecule has 0 spiro atoms. The summed E-state index contributed by atoms with van der Waals surface area (Å²) >= 11 is 0. The van der Waals surface area contributed by atoms with Gasteiger partial charge in [0.05, 0.1) is 37.9 Å². The van der Waals surface area contributed by atoms with Crippen LogP contribution in [0.15, 0.2) is 29.3 Å². The van der Waals surface area contributed by atoms with E-state index in [4.69, 9.17) is 9.47 Å².